The van der Waals surface area contributed by atoms with Crippen molar-refractivity contribution in [3.63, 3.8) is 0 Å². The summed E-state index contributed by atoms with van der Waals surface area (Å²) in [6, 6.07) is 18.7. The lowest BCUT2D eigenvalue weighted by Gasteiger charge is -2.38. The van der Waals surface area contributed by atoms with Crippen molar-refractivity contribution in [2.45, 2.75) is 45.8 Å². The van der Waals surface area contributed by atoms with Crippen molar-refractivity contribution in [1.29, 1.82) is 0 Å². The first-order valence-corrected chi connectivity index (χ1v) is 15.8. The summed E-state index contributed by atoms with van der Waals surface area (Å²) < 4.78 is 39.9. The summed E-state index contributed by atoms with van der Waals surface area (Å²) in [5, 5.41) is 10.5. The zero-order chi connectivity index (χ0) is 33.1. The fourth-order valence-corrected chi connectivity index (χ4v) is 6.32. The largest absolute Gasteiger partial charge is 0.416 e. The van der Waals surface area contributed by atoms with Gasteiger partial charge in [0, 0.05) is 41.8 Å². The molecule has 5 aromatic rings. The normalized spacial score (nSPS) is 14.1. The Hall–Kier alpha value is -4.97. The van der Waals surface area contributed by atoms with Crippen LogP contribution < -0.4 is 15.1 Å². The number of H-pyrrole nitrogens is 1. The molecule has 6 rings (SSSR count). The molecule has 0 radical (unpaired) electrons. The highest BCUT2D eigenvalue weighted by Gasteiger charge is 2.31. The van der Waals surface area contributed by atoms with Gasteiger partial charge in [0.15, 0.2) is 11.5 Å². The van der Waals surface area contributed by atoms with Gasteiger partial charge < -0.3 is 15.1 Å². The van der Waals surface area contributed by atoms with Crippen molar-refractivity contribution in [3.05, 3.63) is 95.9 Å². The van der Waals surface area contributed by atoms with E-state index in [2.05, 4.69) is 61.3 Å². The molecule has 0 saturated carbocycles. The topological polar surface area (TPSA) is 93.3 Å². The average Bonchev–Trinajstić information content (AvgIpc) is 3.57. The molecular weight excluding hydrogens is 605 g/mol. The summed E-state index contributed by atoms with van der Waals surface area (Å²) in [6.45, 7) is 10.5. The molecule has 0 spiro atoms. The van der Waals surface area contributed by atoms with E-state index < -0.39 is 17.6 Å². The van der Waals surface area contributed by atoms with E-state index in [0.29, 0.717) is 28.6 Å². The number of aryl methyl sites for hydroxylation is 1. The van der Waals surface area contributed by atoms with Crippen molar-refractivity contribution < 1.29 is 18.0 Å². The second-order valence-electron chi connectivity index (χ2n) is 11.7. The summed E-state index contributed by atoms with van der Waals surface area (Å²) in [5.74, 6) is -0.0631. The third kappa shape index (κ3) is 6.78. The van der Waals surface area contributed by atoms with Gasteiger partial charge in [-0.2, -0.15) is 18.3 Å². The Bertz CT molecular complexity index is 1840. The van der Waals surface area contributed by atoms with Crippen LogP contribution in [0, 0.1) is 6.92 Å². The molecule has 1 saturated heterocycles. The minimum Gasteiger partial charge on any atom is -0.371 e. The van der Waals surface area contributed by atoms with Gasteiger partial charge in [0.1, 0.15) is 6.33 Å². The van der Waals surface area contributed by atoms with E-state index in [0.717, 1.165) is 73.8 Å². The Kier molecular flexibility index (Phi) is 9.12. The molecule has 3 heterocycles. The van der Waals surface area contributed by atoms with Crippen LogP contribution >= 0.6 is 0 Å². The number of nitrogens with one attached hydrogen (secondary N) is 2. The number of carbonyl (C=O) groups excluding carboxylic acids is 1. The first-order valence-electron chi connectivity index (χ1n) is 15.8. The van der Waals surface area contributed by atoms with Gasteiger partial charge in [0.05, 0.1) is 22.8 Å². The van der Waals surface area contributed by atoms with Crippen molar-refractivity contribution in [2.75, 3.05) is 41.3 Å². The Morgan fingerprint density at radius 3 is 2.45 bits per heavy atom. The van der Waals surface area contributed by atoms with E-state index in [4.69, 9.17) is 0 Å². The number of aromatic amines is 1. The zero-order valence-corrected chi connectivity index (χ0v) is 26.6. The van der Waals surface area contributed by atoms with E-state index in [-0.39, 0.29) is 5.56 Å². The van der Waals surface area contributed by atoms with Gasteiger partial charge in [0.2, 0.25) is 0 Å². The molecule has 2 N–H and O–H groups in total. The van der Waals surface area contributed by atoms with Crippen molar-refractivity contribution in [3.8, 4) is 0 Å². The number of piperidine rings is 1. The molecule has 0 bridgehead atoms. The number of halogens is 3. The van der Waals surface area contributed by atoms with Crippen LogP contribution in [0.4, 0.5) is 41.7 Å². The molecule has 0 aliphatic carbocycles. The van der Waals surface area contributed by atoms with Gasteiger partial charge in [-0.1, -0.05) is 26.0 Å². The molecule has 12 heteroatoms. The number of fused-ring (bicyclic) bond motifs is 1. The number of aromatic nitrogens is 4. The SMILES string of the molecule is CCN(CC)C1CCN(c2ccc(N(c3cc(NC(=O)c4cccc(C(F)(F)F)c4)ccc3C)c3ncnc4[nH]ncc34)cc2)CC1. The molecule has 1 aliphatic heterocycles. The molecule has 0 unspecified atom stereocenters. The number of benzene rings is 3. The van der Waals surface area contributed by atoms with Crippen LogP contribution in [0.1, 0.15) is 48.2 Å². The molecule has 47 heavy (non-hydrogen) atoms. The van der Waals surface area contributed by atoms with Gasteiger partial charge in [-0.3, -0.25) is 14.8 Å². The summed E-state index contributed by atoms with van der Waals surface area (Å²) in [7, 11) is 0. The van der Waals surface area contributed by atoms with Gasteiger partial charge in [0.25, 0.3) is 5.91 Å². The highest BCUT2D eigenvalue weighted by atomic mass is 19.4. The molecule has 1 amide bonds. The number of carbonyl (C=O) groups is 1. The third-order valence-corrected chi connectivity index (χ3v) is 8.87. The third-order valence-electron chi connectivity index (χ3n) is 8.87. The lowest BCUT2D eigenvalue weighted by Crippen LogP contribution is -2.44. The zero-order valence-electron chi connectivity index (χ0n) is 26.6. The van der Waals surface area contributed by atoms with Crippen LogP contribution in [0.2, 0.25) is 0 Å². The van der Waals surface area contributed by atoms with Crippen LogP contribution in [0.25, 0.3) is 11.0 Å². The Morgan fingerprint density at radius 1 is 1.00 bits per heavy atom. The molecule has 3 aromatic carbocycles. The van der Waals surface area contributed by atoms with Gasteiger partial charge in [-0.25, -0.2) is 9.97 Å². The number of hydrogen-bond donors (Lipinski definition) is 2. The van der Waals surface area contributed by atoms with Gasteiger partial charge in [-0.05, 0) is 93.0 Å². The minimum absolute atomic E-state index is 0.0913. The second kappa shape index (κ2) is 13.4. The van der Waals surface area contributed by atoms with Crippen molar-refractivity contribution in [2.24, 2.45) is 0 Å². The highest BCUT2D eigenvalue weighted by Crippen LogP contribution is 2.40. The maximum absolute atomic E-state index is 13.3. The lowest BCUT2D eigenvalue weighted by atomic mass is 10.0. The number of alkyl halides is 3. The number of hydrogen-bond acceptors (Lipinski definition) is 7. The summed E-state index contributed by atoms with van der Waals surface area (Å²) >= 11 is 0. The summed E-state index contributed by atoms with van der Waals surface area (Å²) in [4.78, 5) is 29.0. The Balaban J connectivity index is 1.32. The monoisotopic (exact) mass is 642 g/mol. The standard InChI is InChI=1S/C35H37F3N8O/c1-4-44(5-2)28-15-17-45(18-16-28)27-11-13-29(14-12-27)46(33-30-21-41-43-32(30)39-22-40-33)31-20-26(10-9-23(31)3)42-34(47)24-7-6-8-25(19-24)35(36,37)38/h6-14,19-22,28H,4-5,15-18H2,1-3H3,(H,42,47)(H,39,40,41,43). The number of anilines is 5. The number of rotatable bonds is 9. The summed E-state index contributed by atoms with van der Waals surface area (Å²) in [5.41, 5.74) is 3.60. The molecule has 9 nitrogen and oxygen atoms in total. The number of nitrogens with zero attached hydrogens (tertiary/aromatic N) is 6. The van der Waals surface area contributed by atoms with Crippen LogP contribution in [0.15, 0.2) is 79.3 Å². The van der Waals surface area contributed by atoms with Crippen molar-refractivity contribution in [1.82, 2.24) is 25.1 Å². The quantitative estimate of drug-likeness (QED) is 0.170. The van der Waals surface area contributed by atoms with Crippen LogP contribution in [-0.2, 0) is 6.18 Å². The minimum atomic E-state index is -4.55. The molecule has 1 aliphatic rings. The van der Waals surface area contributed by atoms with Crippen LogP contribution in [0.3, 0.4) is 0 Å². The van der Waals surface area contributed by atoms with Crippen molar-refractivity contribution >= 4 is 45.5 Å². The van der Waals surface area contributed by atoms with E-state index >= 15 is 0 Å². The van der Waals surface area contributed by atoms with E-state index in [1.54, 1.807) is 18.3 Å². The van der Waals surface area contributed by atoms with E-state index in [1.165, 1.54) is 18.5 Å². The predicted molar refractivity (Wildman–Crippen MR) is 179 cm³/mol. The number of amides is 1. The van der Waals surface area contributed by atoms with E-state index in [9.17, 15) is 18.0 Å². The Labute approximate surface area is 271 Å². The lowest BCUT2D eigenvalue weighted by molar-refractivity contribution is -0.137. The molecule has 2 aromatic heterocycles. The maximum atomic E-state index is 13.3. The van der Waals surface area contributed by atoms with Gasteiger partial charge in [-0.15, -0.1) is 0 Å². The highest BCUT2D eigenvalue weighted by molar-refractivity contribution is 6.05. The molecule has 244 valence electrons. The van der Waals surface area contributed by atoms with Crippen LogP contribution in [0.5, 0.6) is 0 Å². The summed E-state index contributed by atoms with van der Waals surface area (Å²) in [6.07, 6.45) is 0.813. The first-order chi connectivity index (χ1) is 22.7. The van der Waals surface area contributed by atoms with Gasteiger partial charge >= 0.3 is 6.18 Å². The first kappa shape index (κ1) is 32.0. The fraction of sp³-hybridized carbons (Fsp3) is 0.314. The smallest absolute Gasteiger partial charge is 0.371 e. The molecule has 0 atom stereocenters. The van der Waals surface area contributed by atoms with E-state index in [1.807, 2.05) is 30.0 Å². The van der Waals surface area contributed by atoms with Crippen LogP contribution in [-0.4, -0.2) is 63.2 Å². The average molecular weight is 643 g/mol. The second-order valence-corrected chi connectivity index (χ2v) is 11.7. The Morgan fingerprint density at radius 2 is 1.74 bits per heavy atom. The predicted octanol–water partition coefficient (Wildman–Crippen LogP) is 7.71. The maximum Gasteiger partial charge on any atom is 0.416 e. The fourth-order valence-electron chi connectivity index (χ4n) is 6.32. The molecule has 1 fully saturated rings. The molecular formula is C35H37F3N8O.